The number of amides is 1. The van der Waals surface area contributed by atoms with Gasteiger partial charge in [0.1, 0.15) is 10.8 Å². The van der Waals surface area contributed by atoms with Crippen molar-refractivity contribution in [1.29, 1.82) is 0 Å². The van der Waals surface area contributed by atoms with Gasteiger partial charge in [0.05, 0.1) is 11.4 Å². The summed E-state index contributed by atoms with van der Waals surface area (Å²) in [6.07, 6.45) is 0.272. The van der Waals surface area contributed by atoms with Crippen molar-refractivity contribution in [3.8, 4) is 10.6 Å². The van der Waals surface area contributed by atoms with E-state index >= 15 is 0 Å². The maximum absolute atomic E-state index is 13.4. The lowest BCUT2D eigenvalue weighted by Crippen LogP contribution is -2.36. The van der Waals surface area contributed by atoms with Gasteiger partial charge in [0.15, 0.2) is 0 Å². The molecule has 1 atom stereocenters. The van der Waals surface area contributed by atoms with Gasteiger partial charge in [-0.3, -0.25) is 4.79 Å². The minimum Gasteiger partial charge on any atom is -0.382 e. The fourth-order valence-electron chi connectivity index (χ4n) is 3.03. The first-order valence-corrected chi connectivity index (χ1v) is 10.2. The summed E-state index contributed by atoms with van der Waals surface area (Å²) >= 11 is 1.59. The number of hydrogen-bond donors (Lipinski definition) is 1. The Morgan fingerprint density at radius 3 is 2.86 bits per heavy atom. The summed E-state index contributed by atoms with van der Waals surface area (Å²) in [7, 11) is 0. The molecule has 29 heavy (non-hydrogen) atoms. The fraction of sp³-hybridized carbons (Fsp3) is 0.227. The zero-order valence-corrected chi connectivity index (χ0v) is 16.7. The van der Waals surface area contributed by atoms with Crippen molar-refractivity contribution in [1.82, 2.24) is 10.3 Å². The Morgan fingerprint density at radius 2 is 2.07 bits per heavy atom. The Morgan fingerprint density at radius 1 is 1.24 bits per heavy atom. The predicted octanol–water partition coefficient (Wildman–Crippen LogP) is 4.11. The lowest BCUT2D eigenvalue weighted by atomic mass is 10.0. The van der Waals surface area contributed by atoms with E-state index in [4.69, 9.17) is 4.84 Å². The third kappa shape index (κ3) is 4.68. The lowest BCUT2D eigenvalue weighted by Gasteiger charge is -2.08. The Labute approximate surface area is 172 Å². The average Bonchev–Trinajstić information content (AvgIpc) is 3.39. The zero-order valence-electron chi connectivity index (χ0n) is 15.9. The molecule has 0 saturated carbocycles. The Kier molecular flexibility index (Phi) is 5.67. The molecule has 0 unspecified atom stereocenters. The molecule has 3 aromatic rings. The van der Waals surface area contributed by atoms with E-state index in [0.29, 0.717) is 30.7 Å². The van der Waals surface area contributed by atoms with Crippen LogP contribution in [-0.4, -0.2) is 29.3 Å². The van der Waals surface area contributed by atoms with Crippen LogP contribution >= 0.6 is 11.3 Å². The van der Waals surface area contributed by atoms with E-state index in [9.17, 15) is 9.18 Å². The monoisotopic (exact) mass is 409 g/mol. The molecule has 1 aliphatic rings. The van der Waals surface area contributed by atoms with E-state index in [1.54, 1.807) is 23.5 Å². The smallest absolute Gasteiger partial charge is 0.264 e. The van der Waals surface area contributed by atoms with Crippen molar-refractivity contribution < 1.29 is 14.0 Å². The summed E-state index contributed by atoms with van der Waals surface area (Å²) in [5, 5.41) is 9.79. The quantitative estimate of drug-likeness (QED) is 0.666. The molecule has 5 nitrogen and oxygen atoms in total. The highest BCUT2D eigenvalue weighted by molar-refractivity contribution is 7.13. The average molecular weight is 409 g/mol. The van der Waals surface area contributed by atoms with Crippen LogP contribution in [0.15, 0.2) is 59.1 Å². The van der Waals surface area contributed by atoms with Crippen molar-refractivity contribution in [2.45, 2.75) is 25.9 Å². The van der Waals surface area contributed by atoms with Gasteiger partial charge in [-0.1, -0.05) is 47.1 Å². The first-order valence-electron chi connectivity index (χ1n) is 9.36. The SMILES string of the molecule is Cc1ccc(-c2nc(CCNC(=O)[C@H]3CC(c4cccc(F)c4)=NO3)cs2)cc1. The molecule has 1 aliphatic heterocycles. The minimum atomic E-state index is -0.688. The number of hydrogen-bond acceptors (Lipinski definition) is 5. The number of benzene rings is 2. The molecule has 1 amide bonds. The van der Waals surface area contributed by atoms with E-state index < -0.39 is 6.10 Å². The summed E-state index contributed by atoms with van der Waals surface area (Å²) in [5.74, 6) is -0.569. The number of halogens is 1. The minimum absolute atomic E-state index is 0.228. The molecular weight excluding hydrogens is 389 g/mol. The van der Waals surface area contributed by atoms with Gasteiger partial charge < -0.3 is 10.2 Å². The van der Waals surface area contributed by atoms with Crippen molar-refractivity contribution in [3.63, 3.8) is 0 Å². The Balaban J connectivity index is 1.26. The molecule has 0 fully saturated rings. The van der Waals surface area contributed by atoms with E-state index in [2.05, 4.69) is 46.6 Å². The second kappa shape index (κ2) is 8.53. The second-order valence-electron chi connectivity index (χ2n) is 6.90. The van der Waals surface area contributed by atoms with E-state index in [1.807, 2.05) is 5.38 Å². The fourth-order valence-corrected chi connectivity index (χ4v) is 3.89. The third-order valence-electron chi connectivity index (χ3n) is 4.65. The topological polar surface area (TPSA) is 63.6 Å². The van der Waals surface area contributed by atoms with Crippen LogP contribution in [-0.2, 0) is 16.1 Å². The van der Waals surface area contributed by atoms with Crippen LogP contribution in [0.4, 0.5) is 4.39 Å². The van der Waals surface area contributed by atoms with Crippen LogP contribution in [0.5, 0.6) is 0 Å². The van der Waals surface area contributed by atoms with Gasteiger partial charge in [0, 0.05) is 35.9 Å². The molecule has 2 aromatic carbocycles. The molecule has 0 saturated heterocycles. The Bertz CT molecular complexity index is 1050. The van der Waals surface area contributed by atoms with E-state index in [-0.39, 0.29) is 11.7 Å². The third-order valence-corrected chi connectivity index (χ3v) is 5.59. The van der Waals surface area contributed by atoms with E-state index in [0.717, 1.165) is 16.3 Å². The second-order valence-corrected chi connectivity index (χ2v) is 7.76. The Hall–Kier alpha value is -3.06. The largest absolute Gasteiger partial charge is 0.382 e. The standard InChI is InChI=1S/C22H20FN3O2S/c1-14-5-7-15(8-6-14)22-25-18(13-29-22)9-10-24-21(27)20-12-19(26-28-20)16-3-2-4-17(23)11-16/h2-8,11,13,20H,9-10,12H2,1H3,(H,24,27)/t20-/m1/s1. The highest BCUT2D eigenvalue weighted by Gasteiger charge is 2.28. The van der Waals surface area contributed by atoms with E-state index in [1.165, 1.54) is 17.7 Å². The summed E-state index contributed by atoms with van der Waals surface area (Å²) in [6.45, 7) is 2.52. The van der Waals surface area contributed by atoms with Crippen LogP contribution in [0.1, 0.15) is 23.2 Å². The molecule has 0 spiro atoms. The van der Waals surface area contributed by atoms with Gasteiger partial charge in [-0.05, 0) is 19.1 Å². The highest BCUT2D eigenvalue weighted by atomic mass is 32.1. The van der Waals surface area contributed by atoms with Crippen LogP contribution in [0.3, 0.4) is 0 Å². The first-order chi connectivity index (χ1) is 14.1. The number of rotatable bonds is 6. The highest BCUT2D eigenvalue weighted by Crippen LogP contribution is 2.24. The molecule has 0 bridgehead atoms. The number of nitrogens with zero attached hydrogens (tertiary/aromatic N) is 2. The molecule has 0 radical (unpaired) electrons. The van der Waals surface area contributed by atoms with Crippen molar-refractivity contribution >= 4 is 23.0 Å². The number of carbonyl (C=O) groups is 1. The number of thiazole rings is 1. The number of carbonyl (C=O) groups excluding carboxylic acids is 1. The first kappa shape index (κ1) is 19.3. The van der Waals surface area contributed by atoms with Gasteiger partial charge in [-0.2, -0.15) is 0 Å². The number of aryl methyl sites for hydroxylation is 1. The zero-order chi connectivity index (χ0) is 20.2. The van der Waals surface area contributed by atoms with Gasteiger partial charge in [0.25, 0.3) is 5.91 Å². The molecule has 148 valence electrons. The molecule has 4 rings (SSSR count). The molecule has 1 aromatic heterocycles. The number of nitrogens with one attached hydrogen (secondary N) is 1. The molecule has 0 aliphatic carbocycles. The maximum Gasteiger partial charge on any atom is 0.264 e. The normalized spacial score (nSPS) is 15.7. The number of oxime groups is 1. The molecule has 2 heterocycles. The summed E-state index contributed by atoms with van der Waals surface area (Å²) < 4.78 is 13.4. The van der Waals surface area contributed by atoms with Crippen molar-refractivity contribution in [2.75, 3.05) is 6.54 Å². The molecular formula is C22H20FN3O2S. The maximum atomic E-state index is 13.4. The van der Waals surface area contributed by atoms with Gasteiger partial charge >= 0.3 is 0 Å². The predicted molar refractivity (Wildman–Crippen MR) is 111 cm³/mol. The van der Waals surface area contributed by atoms with Crippen LogP contribution < -0.4 is 5.32 Å². The van der Waals surface area contributed by atoms with Gasteiger partial charge in [-0.15, -0.1) is 11.3 Å². The summed E-state index contributed by atoms with van der Waals surface area (Å²) in [6, 6.07) is 14.4. The summed E-state index contributed by atoms with van der Waals surface area (Å²) in [5.41, 5.74) is 4.46. The van der Waals surface area contributed by atoms with Gasteiger partial charge in [0.2, 0.25) is 6.10 Å². The van der Waals surface area contributed by atoms with Crippen LogP contribution in [0, 0.1) is 12.7 Å². The summed E-state index contributed by atoms with van der Waals surface area (Å²) in [4.78, 5) is 22.2. The molecule has 7 heteroatoms. The number of aromatic nitrogens is 1. The molecule has 1 N–H and O–H groups in total. The lowest BCUT2D eigenvalue weighted by molar-refractivity contribution is -0.131. The van der Waals surface area contributed by atoms with Crippen molar-refractivity contribution in [3.05, 3.63) is 76.5 Å². The van der Waals surface area contributed by atoms with Crippen LogP contribution in [0.2, 0.25) is 0 Å². The van der Waals surface area contributed by atoms with Gasteiger partial charge in [-0.25, -0.2) is 9.37 Å². The van der Waals surface area contributed by atoms with Crippen LogP contribution in [0.25, 0.3) is 10.6 Å². The van der Waals surface area contributed by atoms with Crippen molar-refractivity contribution in [2.24, 2.45) is 5.16 Å².